The van der Waals surface area contributed by atoms with Crippen molar-refractivity contribution < 1.29 is 79.0 Å². The lowest BCUT2D eigenvalue weighted by atomic mass is 9.82. The number of hydrogen-bond donors (Lipinski definition) is 0. The minimum Gasteiger partial charge on any atom is -0.224 e. The summed E-state index contributed by atoms with van der Waals surface area (Å²) in [5.41, 5.74) is -5.79. The van der Waals surface area contributed by atoms with Crippen LogP contribution in [0.4, 0.5) is 79.0 Å². The molecule has 3 unspecified atom stereocenters. The fourth-order valence-electron chi connectivity index (χ4n) is 3.59. The summed E-state index contributed by atoms with van der Waals surface area (Å²) in [7, 11) is 0. The summed E-state index contributed by atoms with van der Waals surface area (Å²) in [6.45, 7) is 0. The van der Waals surface area contributed by atoms with Crippen LogP contribution in [0.5, 0.6) is 0 Å². The summed E-state index contributed by atoms with van der Waals surface area (Å²) in [5, 5.41) is 0. The van der Waals surface area contributed by atoms with Gasteiger partial charge in [0.05, 0.1) is 17.8 Å². The first kappa shape index (κ1) is 37.5. The van der Waals surface area contributed by atoms with E-state index in [1.807, 2.05) is 0 Å². The lowest BCUT2D eigenvalue weighted by molar-refractivity contribution is -0.343. The maximum Gasteiger partial charge on any atom is 0.431 e. The van der Waals surface area contributed by atoms with Crippen molar-refractivity contribution in [3.8, 4) is 0 Å². The van der Waals surface area contributed by atoms with Crippen molar-refractivity contribution in [2.75, 3.05) is 4.43 Å². The van der Waals surface area contributed by atoms with E-state index >= 15 is 0 Å². The Hall–Kier alpha value is -0.530. The molecule has 19 heteroatoms. The largest absolute Gasteiger partial charge is 0.431 e. The molecule has 0 aromatic carbocycles. The van der Waals surface area contributed by atoms with Gasteiger partial charge in [0.25, 0.3) is 5.67 Å². The molecule has 0 aliphatic heterocycles. The van der Waals surface area contributed by atoms with E-state index in [9.17, 15) is 79.0 Å². The zero-order chi connectivity index (χ0) is 30.6. The van der Waals surface area contributed by atoms with Gasteiger partial charge in [0.2, 0.25) is 5.92 Å². The van der Waals surface area contributed by atoms with Crippen LogP contribution in [0.15, 0.2) is 0 Å². The van der Waals surface area contributed by atoms with Crippen LogP contribution in [0.2, 0.25) is 0 Å². The molecule has 230 valence electrons. The number of alkyl halides is 19. The van der Waals surface area contributed by atoms with Crippen molar-refractivity contribution >= 4 is 22.6 Å². The zero-order valence-electron chi connectivity index (χ0n) is 18.8. The summed E-state index contributed by atoms with van der Waals surface area (Å²) in [6, 6.07) is 0. The second kappa shape index (κ2) is 13.0. The smallest absolute Gasteiger partial charge is 0.224 e. The van der Waals surface area contributed by atoms with E-state index in [1.54, 1.807) is 0 Å². The quantitative estimate of drug-likeness (QED) is 0.0770. The fraction of sp³-hybridized carbons (Fsp3) is 1.00. The monoisotopic (exact) mass is 718 g/mol. The minimum atomic E-state index is -6.49. The van der Waals surface area contributed by atoms with Crippen LogP contribution < -0.4 is 0 Å². The Bertz CT molecular complexity index is 685. The van der Waals surface area contributed by atoms with Crippen LogP contribution in [-0.2, 0) is 0 Å². The van der Waals surface area contributed by atoms with Crippen LogP contribution in [-0.4, -0.2) is 46.9 Å². The first-order valence-corrected chi connectivity index (χ1v) is 12.1. The molecule has 0 amide bonds. The Morgan fingerprint density at radius 3 is 1.18 bits per heavy atom. The maximum atomic E-state index is 14.1. The second-order valence-corrected chi connectivity index (χ2v) is 9.81. The zero-order valence-corrected chi connectivity index (χ0v) is 20.9. The van der Waals surface area contributed by atoms with Gasteiger partial charge in [0.15, 0.2) is 0 Å². The average molecular weight is 718 g/mol. The maximum absolute atomic E-state index is 14.1. The van der Waals surface area contributed by atoms with E-state index in [1.165, 1.54) is 22.6 Å². The van der Waals surface area contributed by atoms with E-state index in [2.05, 4.69) is 0 Å². The van der Waals surface area contributed by atoms with Crippen molar-refractivity contribution in [1.29, 1.82) is 0 Å². The fourth-order valence-corrected chi connectivity index (χ4v) is 4.34. The predicted molar refractivity (Wildman–Crippen MR) is 105 cm³/mol. The Balaban J connectivity index is 5.61. The van der Waals surface area contributed by atoms with Crippen molar-refractivity contribution in [1.82, 2.24) is 0 Å². The van der Waals surface area contributed by atoms with Gasteiger partial charge in [-0.3, -0.25) is 0 Å². The minimum absolute atomic E-state index is 0.323. The van der Waals surface area contributed by atoms with Gasteiger partial charge in [-0.15, -0.1) is 0 Å². The van der Waals surface area contributed by atoms with Crippen molar-refractivity contribution in [2.45, 2.75) is 93.8 Å². The molecule has 0 fully saturated rings. The van der Waals surface area contributed by atoms with Gasteiger partial charge < -0.3 is 0 Å². The molecular weight excluding hydrogens is 697 g/mol. The molecule has 0 aromatic heterocycles. The summed E-state index contributed by atoms with van der Waals surface area (Å²) >= 11 is 1.39. The Morgan fingerprint density at radius 2 is 0.842 bits per heavy atom. The van der Waals surface area contributed by atoms with Crippen LogP contribution in [0.1, 0.15) is 51.4 Å². The third kappa shape index (κ3) is 11.5. The molecule has 0 N–H and O–H groups in total. The lowest BCUT2D eigenvalue weighted by Crippen LogP contribution is -2.53. The summed E-state index contributed by atoms with van der Waals surface area (Å²) in [5.74, 6) is -14.1. The van der Waals surface area contributed by atoms with Crippen molar-refractivity contribution in [3.05, 3.63) is 0 Å². The highest BCUT2D eigenvalue weighted by Gasteiger charge is 2.71. The Morgan fingerprint density at radius 1 is 0.474 bits per heavy atom. The van der Waals surface area contributed by atoms with E-state index in [4.69, 9.17) is 0 Å². The summed E-state index contributed by atoms with van der Waals surface area (Å²) in [4.78, 5) is 0. The predicted octanol–water partition coefficient (Wildman–Crippen LogP) is 10.5. The molecular formula is C19H21F18I. The SMILES string of the molecule is FC(F)(CCCCC(F)(C(F)(F)F)C(F)(F)F)CC(CC(CC(CCI)C(F)(F)F)C(F)(F)F)C(F)(F)F. The second-order valence-electron chi connectivity index (χ2n) is 8.73. The molecule has 0 aliphatic carbocycles. The molecule has 0 nitrogen and oxygen atoms in total. The van der Waals surface area contributed by atoms with E-state index < -0.39 is 112 Å². The van der Waals surface area contributed by atoms with E-state index in [0.29, 0.717) is 0 Å². The van der Waals surface area contributed by atoms with Crippen LogP contribution in [0.25, 0.3) is 0 Å². The topological polar surface area (TPSA) is 0 Å². The molecule has 0 spiro atoms. The van der Waals surface area contributed by atoms with Gasteiger partial charge in [0.1, 0.15) is 0 Å². The normalized spacial score (nSPS) is 17.4. The number of halogens is 19. The first-order valence-electron chi connectivity index (χ1n) is 10.5. The molecule has 0 bridgehead atoms. The van der Waals surface area contributed by atoms with Gasteiger partial charge in [-0.2, -0.15) is 65.9 Å². The van der Waals surface area contributed by atoms with Crippen molar-refractivity contribution in [3.63, 3.8) is 0 Å². The molecule has 0 radical (unpaired) electrons. The lowest BCUT2D eigenvalue weighted by Gasteiger charge is -2.32. The van der Waals surface area contributed by atoms with E-state index in [0.717, 1.165) is 0 Å². The number of hydrogen-bond acceptors (Lipinski definition) is 0. The summed E-state index contributed by atoms with van der Waals surface area (Å²) in [6.07, 6.45) is -44.2. The van der Waals surface area contributed by atoms with Crippen LogP contribution in [0, 0.1) is 17.8 Å². The highest BCUT2D eigenvalue weighted by Crippen LogP contribution is 2.50. The standard InChI is InChI=1S/C19H21F18I/c20-13(21,4-1-2-5-14(22,18(32,33)34)19(35,36)37)9-12(17(29,30)31)8-11(16(26,27)28)7-10(3-6-38)15(23,24)25/h10-12H,1-9H2. The molecule has 3 atom stereocenters. The molecule has 0 saturated heterocycles. The van der Waals surface area contributed by atoms with E-state index in [-0.39, 0.29) is 4.43 Å². The molecule has 0 rings (SSSR count). The molecule has 0 saturated carbocycles. The van der Waals surface area contributed by atoms with Crippen LogP contribution >= 0.6 is 22.6 Å². The molecule has 38 heavy (non-hydrogen) atoms. The van der Waals surface area contributed by atoms with Gasteiger partial charge in [-0.1, -0.05) is 22.6 Å². The number of unbranched alkanes of at least 4 members (excludes halogenated alkanes) is 1. The number of rotatable bonds is 13. The Labute approximate surface area is 218 Å². The van der Waals surface area contributed by atoms with Crippen molar-refractivity contribution in [2.24, 2.45) is 17.8 Å². The van der Waals surface area contributed by atoms with Gasteiger partial charge >= 0.3 is 30.9 Å². The first-order chi connectivity index (χ1) is 16.6. The summed E-state index contributed by atoms with van der Waals surface area (Å²) < 4.78 is 235. The highest BCUT2D eigenvalue weighted by molar-refractivity contribution is 14.1. The third-order valence-electron chi connectivity index (χ3n) is 5.74. The van der Waals surface area contributed by atoms with Gasteiger partial charge in [0, 0.05) is 17.3 Å². The molecule has 0 heterocycles. The highest BCUT2D eigenvalue weighted by atomic mass is 127. The molecule has 0 aliphatic rings. The third-order valence-corrected chi connectivity index (χ3v) is 6.36. The Kier molecular flexibility index (Phi) is 12.8. The molecule has 0 aromatic rings. The average Bonchev–Trinajstić information content (AvgIpc) is 2.65. The van der Waals surface area contributed by atoms with Crippen LogP contribution in [0.3, 0.4) is 0 Å². The van der Waals surface area contributed by atoms with Gasteiger partial charge in [-0.25, -0.2) is 13.2 Å². The van der Waals surface area contributed by atoms with Gasteiger partial charge in [-0.05, 0) is 38.5 Å².